The van der Waals surface area contributed by atoms with Crippen molar-refractivity contribution in [2.75, 3.05) is 47.5 Å². The number of esters is 2. The van der Waals surface area contributed by atoms with E-state index in [0.717, 1.165) is 109 Å². The first-order valence-corrected chi connectivity index (χ1v) is 30.7. The number of hydrogen-bond donors (Lipinski definition) is 0. The van der Waals surface area contributed by atoms with Crippen molar-refractivity contribution in [3.05, 3.63) is 122 Å². The zero-order chi connectivity index (χ0) is 56.2. The van der Waals surface area contributed by atoms with Crippen LogP contribution in [0.25, 0.3) is 0 Å². The molecule has 0 aromatic heterocycles. The normalized spacial score (nSPS) is 13.6. The number of likely N-dealkylation sites (N-methyl/N-ethyl adjacent to an activating group) is 1. The molecule has 2 unspecified atom stereocenters. The predicted octanol–water partition coefficient (Wildman–Crippen LogP) is 17.1. The first-order valence-electron chi connectivity index (χ1n) is 30.7. The third-order valence-electron chi connectivity index (χ3n) is 12.7. The highest BCUT2D eigenvalue weighted by molar-refractivity contribution is 5.70. The van der Waals surface area contributed by atoms with E-state index in [0.29, 0.717) is 17.4 Å². The second-order valence-corrected chi connectivity index (χ2v) is 21.3. The quantitative estimate of drug-likeness (QED) is 0.0195. The van der Waals surface area contributed by atoms with E-state index in [1.165, 1.54) is 89.9 Å². The van der Waals surface area contributed by atoms with Crippen molar-refractivity contribution < 1.29 is 42.9 Å². The van der Waals surface area contributed by atoms with Gasteiger partial charge in [-0.25, -0.2) is 0 Å². The second-order valence-electron chi connectivity index (χ2n) is 21.3. The molecule has 0 rings (SSSR count). The Morgan fingerprint density at radius 3 is 1.12 bits per heavy atom. The lowest BCUT2D eigenvalue weighted by Crippen LogP contribution is -2.44. The number of carboxylic acids is 1. The van der Waals surface area contributed by atoms with Crippen LogP contribution < -0.4 is 5.11 Å². The molecular weight excluding hydrogens is 959 g/mol. The number of nitrogens with zero attached hydrogens (tertiary/aromatic N) is 1. The topological polar surface area (TPSA) is 111 Å². The van der Waals surface area contributed by atoms with Gasteiger partial charge in [0, 0.05) is 12.8 Å². The summed E-state index contributed by atoms with van der Waals surface area (Å²) in [6.07, 6.45) is 78.2. The van der Waals surface area contributed by atoms with Gasteiger partial charge in [-0.3, -0.25) is 9.59 Å². The molecule has 0 bridgehead atoms. The van der Waals surface area contributed by atoms with E-state index < -0.39 is 24.3 Å². The molecule has 438 valence electrons. The Morgan fingerprint density at radius 2 is 0.740 bits per heavy atom. The average Bonchev–Trinajstić information content (AvgIpc) is 3.40. The highest BCUT2D eigenvalue weighted by Gasteiger charge is 2.22. The fraction of sp³-hybridized carbons (Fsp3) is 0.662. The van der Waals surface area contributed by atoms with Crippen LogP contribution in [-0.4, -0.2) is 82.3 Å². The summed E-state index contributed by atoms with van der Waals surface area (Å²) in [4.78, 5) is 37.3. The molecule has 0 aliphatic carbocycles. The summed E-state index contributed by atoms with van der Waals surface area (Å²) < 4.78 is 22.7. The fourth-order valence-corrected chi connectivity index (χ4v) is 7.99. The third-order valence-corrected chi connectivity index (χ3v) is 12.7. The molecule has 9 nitrogen and oxygen atoms in total. The summed E-state index contributed by atoms with van der Waals surface area (Å²) in [5, 5.41) is 11.8. The van der Waals surface area contributed by atoms with Gasteiger partial charge in [0.1, 0.15) is 13.2 Å². The van der Waals surface area contributed by atoms with Gasteiger partial charge in [0.25, 0.3) is 0 Å². The zero-order valence-corrected chi connectivity index (χ0v) is 49.8. The van der Waals surface area contributed by atoms with Gasteiger partial charge in [-0.05, 0) is 109 Å². The Labute approximate surface area is 472 Å². The lowest BCUT2D eigenvalue weighted by Gasteiger charge is -2.26. The first kappa shape index (κ1) is 72.7. The van der Waals surface area contributed by atoms with Crippen LogP contribution in [0, 0.1) is 0 Å². The number of allylic oxidation sites excluding steroid dienone is 20. The van der Waals surface area contributed by atoms with Gasteiger partial charge in [0.15, 0.2) is 12.4 Å². The molecule has 0 saturated carbocycles. The summed E-state index contributed by atoms with van der Waals surface area (Å²) in [6, 6.07) is 0. The van der Waals surface area contributed by atoms with Crippen molar-refractivity contribution in [1.82, 2.24) is 0 Å². The Morgan fingerprint density at radius 1 is 0.403 bits per heavy atom. The van der Waals surface area contributed by atoms with Gasteiger partial charge in [-0.15, -0.1) is 0 Å². The minimum Gasteiger partial charge on any atom is -0.545 e. The number of carboxylic acid groups (broad SMARTS) is 1. The maximum Gasteiger partial charge on any atom is 0.306 e. The highest BCUT2D eigenvalue weighted by Crippen LogP contribution is 2.15. The Hall–Kier alpha value is -4.31. The van der Waals surface area contributed by atoms with E-state index in [9.17, 15) is 19.5 Å². The molecule has 0 heterocycles. The monoisotopic (exact) mass is 1070 g/mol. The van der Waals surface area contributed by atoms with E-state index in [1.807, 2.05) is 21.1 Å². The molecule has 0 aliphatic rings. The van der Waals surface area contributed by atoms with Crippen molar-refractivity contribution in [2.45, 2.75) is 245 Å². The van der Waals surface area contributed by atoms with E-state index in [1.54, 1.807) is 0 Å². The van der Waals surface area contributed by atoms with Gasteiger partial charge in [0.2, 0.25) is 0 Å². The first-order chi connectivity index (χ1) is 37.6. The molecule has 0 amide bonds. The lowest BCUT2D eigenvalue weighted by molar-refractivity contribution is -0.870. The van der Waals surface area contributed by atoms with Crippen LogP contribution in [0.4, 0.5) is 0 Å². The van der Waals surface area contributed by atoms with E-state index in [4.69, 9.17) is 18.9 Å². The molecule has 0 fully saturated rings. The van der Waals surface area contributed by atoms with Crippen molar-refractivity contribution >= 4 is 17.9 Å². The molecule has 0 saturated heterocycles. The van der Waals surface area contributed by atoms with Crippen molar-refractivity contribution in [3.8, 4) is 0 Å². The Bertz CT molecular complexity index is 1670. The smallest absolute Gasteiger partial charge is 0.306 e. The van der Waals surface area contributed by atoms with Crippen LogP contribution >= 0.6 is 0 Å². The molecule has 77 heavy (non-hydrogen) atoms. The Kier molecular flexibility index (Phi) is 54.6. The van der Waals surface area contributed by atoms with Gasteiger partial charge in [-0.2, -0.15) is 0 Å². The van der Waals surface area contributed by atoms with Gasteiger partial charge < -0.3 is 33.3 Å². The summed E-state index contributed by atoms with van der Waals surface area (Å²) in [5.41, 5.74) is 0. The van der Waals surface area contributed by atoms with Crippen LogP contribution in [-0.2, 0) is 33.3 Å². The van der Waals surface area contributed by atoms with E-state index in [-0.39, 0.29) is 38.6 Å². The molecule has 0 aromatic rings. The second kappa shape index (κ2) is 57.9. The number of rotatable bonds is 55. The number of aliphatic carboxylic acids is 1. The fourth-order valence-electron chi connectivity index (χ4n) is 7.99. The van der Waals surface area contributed by atoms with Crippen molar-refractivity contribution in [1.29, 1.82) is 0 Å². The van der Waals surface area contributed by atoms with Crippen LogP contribution in [0.15, 0.2) is 122 Å². The maximum atomic E-state index is 12.9. The lowest BCUT2D eigenvalue weighted by atomic mass is 10.1. The number of unbranched alkanes of at least 4 members (excludes halogenated alkanes) is 20. The number of carbonyl (C=O) groups is 3. The minimum atomic E-state index is -1.63. The number of hydrogen-bond acceptors (Lipinski definition) is 8. The van der Waals surface area contributed by atoms with Crippen molar-refractivity contribution in [3.63, 3.8) is 0 Å². The molecule has 0 aliphatic heterocycles. The maximum absolute atomic E-state index is 12.9. The van der Waals surface area contributed by atoms with Crippen LogP contribution in [0.2, 0.25) is 0 Å². The van der Waals surface area contributed by atoms with Crippen LogP contribution in [0.1, 0.15) is 232 Å². The van der Waals surface area contributed by atoms with Gasteiger partial charge in [-0.1, -0.05) is 232 Å². The summed E-state index contributed by atoms with van der Waals surface area (Å²) in [6.45, 7) is 4.60. The molecule has 0 spiro atoms. The number of ether oxygens (including phenoxy) is 4. The average molecular weight is 1070 g/mol. The molecule has 9 heteroatoms. The van der Waals surface area contributed by atoms with E-state index >= 15 is 0 Å². The molecule has 0 radical (unpaired) electrons. The third kappa shape index (κ3) is 59.2. The highest BCUT2D eigenvalue weighted by atomic mass is 16.7. The standard InChI is InChI=1S/C68H113NO8/c1-6-8-10-12-14-16-18-20-22-24-26-27-28-29-30-31-32-33-34-35-36-37-38-39-41-43-45-47-49-51-53-55-57-59-66(71)77-64(63-76-68(67(72)73)74-61-60-69(3,4)5)62-75-65(70)58-56-54-52-50-48-46-44-42-40-25-23-21-19-17-15-13-11-9-7-2/h8,10,14,16,20-23,26-27,29-30,32-33,35-36,38-39,43,45,64,68H,6-7,9,11-13,15,17-19,24-25,28,31,34,37,40-42,44,46-63H2,1-5H3/b10-8-,16-14-,22-20-,23-21-,27-26-,30-29-,33-32-,36-35-,39-38-,45-43-. The SMILES string of the molecule is CC/C=C\C/C=C\C/C=C\C/C=C\C/C=C\C/C=C\C/C=C\C/C=C\C/C=C\CCCCCCCC(=O)OC(COC(=O)CCCCCCCCCCC/C=C\CCCCCCCC)COC(OCC[N+](C)(C)C)C(=O)[O-]. The predicted molar refractivity (Wildman–Crippen MR) is 324 cm³/mol. The molecule has 0 aromatic carbocycles. The van der Waals surface area contributed by atoms with Gasteiger partial charge in [0.05, 0.1) is 40.3 Å². The minimum absolute atomic E-state index is 0.137. The van der Waals surface area contributed by atoms with Crippen molar-refractivity contribution in [2.24, 2.45) is 0 Å². The van der Waals surface area contributed by atoms with Gasteiger partial charge >= 0.3 is 11.9 Å². The molecule has 0 N–H and O–H groups in total. The number of carbonyl (C=O) groups excluding carboxylic acids is 3. The van der Waals surface area contributed by atoms with Crippen LogP contribution in [0.5, 0.6) is 0 Å². The number of quaternary nitrogens is 1. The summed E-state index contributed by atoms with van der Waals surface area (Å²) >= 11 is 0. The van der Waals surface area contributed by atoms with Crippen LogP contribution in [0.3, 0.4) is 0 Å². The Balaban J connectivity index is 4.30. The summed E-state index contributed by atoms with van der Waals surface area (Å²) in [5.74, 6) is -2.32. The molecule has 2 atom stereocenters. The zero-order valence-electron chi connectivity index (χ0n) is 49.8. The molecular formula is C68H113NO8. The largest absolute Gasteiger partial charge is 0.545 e. The van der Waals surface area contributed by atoms with E-state index in [2.05, 4.69) is 135 Å². The summed E-state index contributed by atoms with van der Waals surface area (Å²) in [7, 11) is 5.91.